The normalized spacial score (nSPS) is 18.6. The van der Waals surface area contributed by atoms with Crippen LogP contribution in [0, 0.1) is 11.8 Å². The summed E-state index contributed by atoms with van der Waals surface area (Å²) in [4.78, 5) is 47.1. The number of aromatic amines is 1. The standard InChI is InChI=1S/C25H44N6O4/c1-19(2)16-31-23(26)22(24(33)27-25(31)34)30(14-15-35-3)21(32)18-29-11-7-10-28(12-13-29)17-20-8-5-4-6-9-20/h19-20H,4-18,26H2,1-3H3,(H,27,33,34). The van der Waals surface area contributed by atoms with Crippen LogP contribution in [0.15, 0.2) is 9.59 Å². The van der Waals surface area contributed by atoms with E-state index in [4.69, 9.17) is 10.5 Å². The molecule has 1 saturated heterocycles. The minimum Gasteiger partial charge on any atom is -0.383 e. The maximum Gasteiger partial charge on any atom is 0.330 e. The Labute approximate surface area is 208 Å². The molecule has 3 N–H and O–H groups in total. The quantitative estimate of drug-likeness (QED) is 0.506. The Morgan fingerprint density at radius 2 is 1.77 bits per heavy atom. The summed E-state index contributed by atoms with van der Waals surface area (Å²) < 4.78 is 6.54. The lowest BCUT2D eigenvalue weighted by Crippen LogP contribution is -2.47. The second-order valence-electron chi connectivity index (χ2n) is 10.5. The summed E-state index contributed by atoms with van der Waals surface area (Å²) in [5.74, 6) is 0.754. The van der Waals surface area contributed by atoms with Crippen molar-refractivity contribution in [1.82, 2.24) is 19.4 Å². The Morgan fingerprint density at radius 3 is 2.46 bits per heavy atom. The number of rotatable bonds is 10. The van der Waals surface area contributed by atoms with Gasteiger partial charge in [-0.25, -0.2) is 4.79 Å². The highest BCUT2D eigenvalue weighted by Gasteiger charge is 2.27. The number of H-pyrrole nitrogens is 1. The third kappa shape index (κ3) is 7.65. The maximum atomic E-state index is 13.5. The van der Waals surface area contributed by atoms with E-state index in [1.54, 1.807) is 7.11 Å². The Balaban J connectivity index is 1.71. The lowest BCUT2D eigenvalue weighted by molar-refractivity contribution is -0.119. The van der Waals surface area contributed by atoms with Crippen molar-refractivity contribution in [2.45, 2.75) is 58.9 Å². The second-order valence-corrected chi connectivity index (χ2v) is 10.5. The molecule has 1 saturated carbocycles. The van der Waals surface area contributed by atoms with Crippen molar-refractivity contribution in [3.05, 3.63) is 20.8 Å². The molecule has 35 heavy (non-hydrogen) atoms. The molecule has 0 unspecified atom stereocenters. The number of hydrogen-bond acceptors (Lipinski definition) is 7. The molecule has 10 heteroatoms. The van der Waals surface area contributed by atoms with E-state index in [0.717, 1.165) is 45.1 Å². The number of amides is 1. The zero-order chi connectivity index (χ0) is 25.4. The first-order chi connectivity index (χ1) is 16.8. The van der Waals surface area contributed by atoms with Gasteiger partial charge in [0.1, 0.15) is 5.82 Å². The molecule has 0 radical (unpaired) electrons. The van der Waals surface area contributed by atoms with Gasteiger partial charge in [-0.2, -0.15) is 0 Å². The molecule has 2 heterocycles. The average molecular weight is 493 g/mol. The highest BCUT2D eigenvalue weighted by molar-refractivity contribution is 5.96. The summed E-state index contributed by atoms with van der Waals surface area (Å²) in [6, 6.07) is 0. The van der Waals surface area contributed by atoms with Crippen LogP contribution in [-0.2, 0) is 16.1 Å². The lowest BCUT2D eigenvalue weighted by atomic mass is 9.89. The van der Waals surface area contributed by atoms with E-state index >= 15 is 0 Å². The fourth-order valence-corrected chi connectivity index (χ4v) is 5.30. The lowest BCUT2D eigenvalue weighted by Gasteiger charge is -2.29. The van der Waals surface area contributed by atoms with Crippen molar-refractivity contribution >= 4 is 17.4 Å². The first-order valence-corrected chi connectivity index (χ1v) is 13.2. The summed E-state index contributed by atoms with van der Waals surface area (Å²) in [6.45, 7) is 9.72. The number of ether oxygens (including phenoxy) is 1. The third-order valence-corrected chi connectivity index (χ3v) is 7.13. The van der Waals surface area contributed by atoms with Crippen LogP contribution >= 0.6 is 0 Å². The molecular weight excluding hydrogens is 448 g/mol. The van der Waals surface area contributed by atoms with Gasteiger partial charge in [-0.3, -0.25) is 24.0 Å². The molecule has 198 valence electrons. The minimum absolute atomic E-state index is 0.0198. The second kappa shape index (κ2) is 13.2. The summed E-state index contributed by atoms with van der Waals surface area (Å²) >= 11 is 0. The van der Waals surface area contributed by atoms with Crippen molar-refractivity contribution < 1.29 is 9.53 Å². The van der Waals surface area contributed by atoms with E-state index in [0.29, 0.717) is 6.54 Å². The molecule has 1 amide bonds. The van der Waals surface area contributed by atoms with E-state index in [1.165, 1.54) is 41.6 Å². The van der Waals surface area contributed by atoms with Gasteiger partial charge in [0, 0.05) is 39.8 Å². The maximum absolute atomic E-state index is 13.5. The highest BCUT2D eigenvalue weighted by atomic mass is 16.5. The van der Waals surface area contributed by atoms with Crippen molar-refractivity contribution in [2.24, 2.45) is 11.8 Å². The monoisotopic (exact) mass is 492 g/mol. The van der Waals surface area contributed by atoms with Crippen molar-refractivity contribution in [2.75, 3.05) is 70.2 Å². The predicted molar refractivity (Wildman–Crippen MR) is 139 cm³/mol. The number of nitrogen functional groups attached to an aromatic ring is 1. The summed E-state index contributed by atoms with van der Waals surface area (Å²) in [5.41, 5.74) is 5.12. The zero-order valence-electron chi connectivity index (χ0n) is 21.8. The van der Waals surface area contributed by atoms with Gasteiger partial charge in [-0.15, -0.1) is 0 Å². The Morgan fingerprint density at radius 1 is 1.09 bits per heavy atom. The third-order valence-electron chi connectivity index (χ3n) is 7.13. The van der Waals surface area contributed by atoms with Crippen molar-refractivity contribution in [3.8, 4) is 0 Å². The van der Waals surface area contributed by atoms with E-state index in [9.17, 15) is 14.4 Å². The van der Waals surface area contributed by atoms with Crippen LogP contribution in [0.3, 0.4) is 0 Å². The van der Waals surface area contributed by atoms with Crippen LogP contribution in [0.1, 0.15) is 52.4 Å². The van der Waals surface area contributed by atoms with Crippen LogP contribution in [0.5, 0.6) is 0 Å². The Kier molecular flexibility index (Phi) is 10.4. The van der Waals surface area contributed by atoms with Gasteiger partial charge in [-0.05, 0) is 44.2 Å². The molecule has 2 aliphatic rings. The number of hydrogen-bond donors (Lipinski definition) is 2. The predicted octanol–water partition coefficient (Wildman–Crippen LogP) is 1.34. The number of nitrogens with two attached hydrogens (primary N) is 1. The van der Waals surface area contributed by atoms with Gasteiger partial charge < -0.3 is 20.3 Å². The first kappa shape index (κ1) is 27.4. The largest absolute Gasteiger partial charge is 0.383 e. The highest BCUT2D eigenvalue weighted by Crippen LogP contribution is 2.25. The fourth-order valence-electron chi connectivity index (χ4n) is 5.30. The number of carbonyl (C=O) groups is 1. The van der Waals surface area contributed by atoms with Crippen LogP contribution in [0.25, 0.3) is 0 Å². The first-order valence-electron chi connectivity index (χ1n) is 13.2. The van der Waals surface area contributed by atoms with Gasteiger partial charge in [0.25, 0.3) is 5.56 Å². The molecule has 0 spiro atoms. The topological polar surface area (TPSA) is 117 Å². The van der Waals surface area contributed by atoms with Gasteiger partial charge >= 0.3 is 5.69 Å². The number of nitrogens with zero attached hydrogens (tertiary/aromatic N) is 4. The van der Waals surface area contributed by atoms with E-state index in [-0.39, 0.29) is 43.0 Å². The van der Waals surface area contributed by atoms with Crippen LogP contribution < -0.4 is 21.9 Å². The van der Waals surface area contributed by atoms with Crippen LogP contribution in [0.2, 0.25) is 0 Å². The molecule has 3 rings (SSSR count). The molecular formula is C25H44N6O4. The van der Waals surface area contributed by atoms with Crippen molar-refractivity contribution in [1.29, 1.82) is 0 Å². The molecule has 2 fully saturated rings. The zero-order valence-corrected chi connectivity index (χ0v) is 21.8. The number of aromatic nitrogens is 2. The molecule has 1 aliphatic heterocycles. The fraction of sp³-hybridized carbons (Fsp3) is 0.800. The van der Waals surface area contributed by atoms with Crippen LogP contribution in [0.4, 0.5) is 11.5 Å². The molecule has 10 nitrogen and oxygen atoms in total. The average Bonchev–Trinajstić information content (AvgIpc) is 3.04. The van der Waals surface area contributed by atoms with E-state index in [1.807, 2.05) is 13.8 Å². The summed E-state index contributed by atoms with van der Waals surface area (Å²) in [7, 11) is 1.55. The molecule has 1 aliphatic carbocycles. The summed E-state index contributed by atoms with van der Waals surface area (Å²) in [6.07, 6.45) is 7.75. The SMILES string of the molecule is COCCN(C(=O)CN1CCCN(CC2CCCCC2)CC1)c1c(N)n(CC(C)C)c(=O)[nH]c1=O. The molecule has 1 aromatic heterocycles. The van der Waals surface area contributed by atoms with Gasteiger partial charge in [0.05, 0.1) is 13.2 Å². The molecule has 0 atom stereocenters. The Hall–Kier alpha value is -2.17. The van der Waals surface area contributed by atoms with Gasteiger partial charge in [0.2, 0.25) is 5.91 Å². The van der Waals surface area contributed by atoms with E-state index in [2.05, 4.69) is 14.8 Å². The molecule has 0 aromatic carbocycles. The number of nitrogens with one attached hydrogen (secondary N) is 1. The van der Waals surface area contributed by atoms with Gasteiger partial charge in [-0.1, -0.05) is 33.1 Å². The van der Waals surface area contributed by atoms with Crippen LogP contribution in [-0.4, -0.2) is 84.8 Å². The minimum atomic E-state index is -0.647. The number of anilines is 2. The van der Waals surface area contributed by atoms with Crippen molar-refractivity contribution in [3.63, 3.8) is 0 Å². The molecule has 1 aromatic rings. The Bertz CT molecular complexity index is 937. The number of carbonyl (C=O) groups excluding carboxylic acids is 1. The summed E-state index contributed by atoms with van der Waals surface area (Å²) in [5, 5.41) is 0. The van der Waals surface area contributed by atoms with E-state index < -0.39 is 11.2 Å². The smallest absolute Gasteiger partial charge is 0.330 e. The number of methoxy groups -OCH3 is 1. The molecule has 0 bridgehead atoms. The van der Waals surface area contributed by atoms with Gasteiger partial charge in [0.15, 0.2) is 5.69 Å².